The Morgan fingerprint density at radius 1 is 0.254 bits per heavy atom. The van der Waals surface area contributed by atoms with E-state index in [9.17, 15) is 0 Å². The van der Waals surface area contributed by atoms with Gasteiger partial charge in [0.1, 0.15) is 0 Å². The van der Waals surface area contributed by atoms with Crippen LogP contribution in [0.5, 0.6) is 0 Å². The molecule has 18 nitrogen and oxygen atoms in total. The van der Waals surface area contributed by atoms with Gasteiger partial charge in [0.2, 0.25) is 0 Å². The van der Waals surface area contributed by atoms with Gasteiger partial charge in [-0.15, -0.1) is 0 Å². The molecule has 10 heterocycles. The SMILES string of the molecule is CC(C)(C)c1ccc2c(c1)-c1nc-2nc2[n-]c(nc3nc(nc4[n-]c(n1)c1ccc(C(C)(C)C)cc41)-c1ccc(C#C/C(CO[Si](C)(C)C(C)(C)C)=C(/C#Cc4ccc5c(c4)-c4nc-5nc5[n-]c(nc6nc(nc7[n-]c(n4)c4ccc(C(C)(C)C)cc74)-c4ccc(C(C)(C)C)cc4-6)c4cc(C(C)(C)C)ccc54)CO[Si](C)(C)C(C)(C)C)cc1-3)c1cc(C(C)(C)C)ccc21.[Co+2].[Zn+2]. The Balaban J connectivity index is 0.00000618. The van der Waals surface area contributed by atoms with Crippen molar-refractivity contribution < 1.29 is 45.1 Å². The zero-order chi connectivity index (χ0) is 91.2. The molecule has 0 spiro atoms. The summed E-state index contributed by atoms with van der Waals surface area (Å²) in [5, 5.41) is 6.39. The fourth-order valence-electron chi connectivity index (χ4n) is 15.9. The minimum atomic E-state index is -2.48. The van der Waals surface area contributed by atoms with Crippen molar-refractivity contribution in [3.63, 3.8) is 0 Å². The zero-order valence-corrected chi connectivity index (χ0v) is 86.3. The molecule has 130 heavy (non-hydrogen) atoms. The Morgan fingerprint density at radius 3 is 0.685 bits per heavy atom. The van der Waals surface area contributed by atoms with Crippen molar-refractivity contribution in [1.29, 1.82) is 0 Å². The van der Waals surface area contributed by atoms with E-state index in [-0.39, 0.29) is 92.0 Å². The van der Waals surface area contributed by atoms with Gasteiger partial charge in [0.25, 0.3) is 0 Å². The number of hydrogen-bond donors (Lipinski definition) is 0. The van der Waals surface area contributed by atoms with Crippen molar-refractivity contribution in [1.82, 2.24) is 79.7 Å². The summed E-state index contributed by atoms with van der Waals surface area (Å²) in [4.78, 5) is 86.3. The van der Waals surface area contributed by atoms with Gasteiger partial charge in [-0.1, -0.05) is 275 Å². The molecule has 655 valence electrons. The second-order valence-corrected chi connectivity index (χ2v) is 53.7. The Hall–Kier alpha value is -11.2. The Morgan fingerprint density at radius 2 is 0.454 bits per heavy atom. The monoisotopic (exact) mass is 1840 g/mol. The summed E-state index contributed by atoms with van der Waals surface area (Å²) < 4.78 is 14.6. The van der Waals surface area contributed by atoms with Gasteiger partial charge in [-0.3, -0.25) is 0 Å². The van der Waals surface area contributed by atoms with Gasteiger partial charge < -0.3 is 68.7 Å². The molecule has 18 rings (SSSR count). The molecule has 0 unspecified atom stereocenters. The second kappa shape index (κ2) is 32.4. The van der Waals surface area contributed by atoms with Gasteiger partial charge in [-0.25, -0.2) is 19.9 Å². The molecule has 0 amide bonds. The third-order valence-corrected chi connectivity index (χ3v) is 35.4. The molecule has 0 saturated heterocycles. The van der Waals surface area contributed by atoms with Crippen molar-refractivity contribution in [3.05, 3.63) is 201 Å². The van der Waals surface area contributed by atoms with Crippen LogP contribution < -0.4 is 19.9 Å². The third kappa shape index (κ3) is 17.3. The molecule has 22 heteroatoms. The van der Waals surface area contributed by atoms with Crippen LogP contribution in [0.4, 0.5) is 0 Å². The van der Waals surface area contributed by atoms with Gasteiger partial charge in [0.15, 0.2) is 16.6 Å². The summed E-state index contributed by atoms with van der Waals surface area (Å²) in [6.07, 6.45) is 0. The van der Waals surface area contributed by atoms with E-state index in [1.807, 2.05) is 24.3 Å². The molecule has 6 aromatic heterocycles. The molecule has 0 atom stereocenters. The van der Waals surface area contributed by atoms with E-state index in [1.54, 1.807) is 0 Å². The van der Waals surface area contributed by atoms with Gasteiger partial charge in [0.05, 0.1) is 59.8 Å². The van der Waals surface area contributed by atoms with E-state index in [0.717, 1.165) is 121 Å². The maximum atomic E-state index is 7.28. The van der Waals surface area contributed by atoms with Gasteiger partial charge in [-0.05, 0) is 206 Å². The first-order valence-electron chi connectivity index (χ1n) is 44.5. The summed E-state index contributed by atoms with van der Waals surface area (Å²) in [6.45, 7) is 62.8. The van der Waals surface area contributed by atoms with Crippen LogP contribution in [0.15, 0.2) is 157 Å². The maximum absolute atomic E-state index is 7.28. The van der Waals surface area contributed by atoms with Crippen LogP contribution in [0.1, 0.15) is 211 Å². The normalized spacial score (nSPS) is 13.4. The Kier molecular flexibility index (Phi) is 22.9. The molecule has 1 radical (unpaired) electrons. The Labute approximate surface area is 788 Å². The van der Waals surface area contributed by atoms with E-state index >= 15 is 0 Å². The predicted octanol–water partition coefficient (Wildman–Crippen LogP) is 25.1. The summed E-state index contributed by atoms with van der Waals surface area (Å²) in [5.41, 5.74) is 18.7. The van der Waals surface area contributed by atoms with Gasteiger partial charge in [-0.2, -0.15) is 0 Å². The van der Waals surface area contributed by atoms with E-state index in [4.69, 9.17) is 88.6 Å². The average molecular weight is 1850 g/mol. The molecule has 4 aliphatic rings. The predicted molar refractivity (Wildman–Crippen MR) is 527 cm³/mol. The fraction of sp³-hybridized carbons (Fsp3) is 0.352. The van der Waals surface area contributed by atoms with Gasteiger partial charge >= 0.3 is 36.3 Å². The molecule has 16 bridgehead atoms. The molecular weight excluding hydrogens is 1730 g/mol. The van der Waals surface area contributed by atoms with Crippen LogP contribution in [0.2, 0.25) is 36.3 Å². The molecule has 14 aromatic rings. The molecule has 0 aliphatic carbocycles. The van der Waals surface area contributed by atoms with Crippen molar-refractivity contribution in [3.8, 4) is 115 Å². The van der Waals surface area contributed by atoms with Crippen molar-refractivity contribution >= 4 is 105 Å². The molecular formula is C108H112CoN16O2Si2Zn. The summed E-state index contributed by atoms with van der Waals surface area (Å²) in [5.74, 6) is 18.5. The van der Waals surface area contributed by atoms with Crippen molar-refractivity contribution in [2.45, 2.75) is 235 Å². The van der Waals surface area contributed by atoms with Crippen LogP contribution in [-0.4, -0.2) is 89.7 Å². The average Bonchev–Trinajstić information content (AvgIpc) is 1.59. The van der Waals surface area contributed by atoms with Crippen LogP contribution in [-0.2, 0) is 77.6 Å². The number of aromatic nitrogens is 16. The molecule has 4 aliphatic heterocycles. The first kappa shape index (κ1) is 92.1. The fourth-order valence-corrected chi connectivity index (χ4v) is 17.8. The van der Waals surface area contributed by atoms with Crippen LogP contribution in [0, 0.1) is 23.7 Å². The molecule has 8 aromatic carbocycles. The minimum absolute atomic E-state index is 0. The quantitative estimate of drug-likeness (QED) is 0.111. The van der Waals surface area contributed by atoms with Crippen molar-refractivity contribution in [2.24, 2.45) is 0 Å². The first-order valence-corrected chi connectivity index (χ1v) is 50.3. The molecule has 0 saturated carbocycles. The van der Waals surface area contributed by atoms with Crippen LogP contribution in [0.3, 0.4) is 0 Å². The minimum Gasteiger partial charge on any atom is -0.412 e. The van der Waals surface area contributed by atoms with E-state index in [0.29, 0.717) is 114 Å². The summed E-state index contributed by atoms with van der Waals surface area (Å²) >= 11 is 0. The standard InChI is InChI=1S/C108H112N16O2Si2.Co.Zn/c1-101(2,3)63-35-43-71-79(51-63)96-115-88(71)110-89-72-44-36-66(104(10,11)12)54-82(72)98(116-89)123-94-78-50-60(32-42-70(78)86(112-94)114-95-81-53-65(103(7,8)9)39-47-75(81)91(119-95)120-96)30-34-62(58-126-128(27,28)108(22,23)24)61(57-125-127(25,26)107(19,20)21)33-29-59-31-41-69-77(49-59)93-111-85(69)109-87-73-45-37-67(105(13,14)15)55-83(73)99(117-87)124-100-84-56-68(106(16,17)18)40-48-76(84)92(122-100)121-97-80-52-64(102(4,5)6)38-46-74(80)90(113-93)118-97;;/h31-32,35-56H,57-58H2,1-28H3;;/q-4;2*+2/b62-61+;;. The number of nitrogens with zero attached hydrogens (tertiary/aromatic N) is 16. The smallest absolute Gasteiger partial charge is 0.412 e. The number of benzene rings is 8. The molecule has 0 fully saturated rings. The van der Waals surface area contributed by atoms with Gasteiger partial charge in [0, 0.05) is 112 Å². The van der Waals surface area contributed by atoms with Crippen LogP contribution in [0.25, 0.3) is 179 Å². The third-order valence-electron chi connectivity index (χ3n) is 26.4. The topological polar surface area (TPSA) is 230 Å². The number of hydrogen-bond acceptors (Lipinski definition) is 14. The summed E-state index contributed by atoms with van der Waals surface area (Å²) in [6, 6.07) is 51.0. The summed E-state index contributed by atoms with van der Waals surface area (Å²) in [7, 11) is -4.95. The van der Waals surface area contributed by atoms with E-state index in [2.05, 4.69) is 337 Å². The van der Waals surface area contributed by atoms with E-state index in [1.165, 1.54) is 0 Å². The molecule has 0 N–H and O–H groups in total. The Bertz CT molecular complexity index is 7610. The van der Waals surface area contributed by atoms with Crippen molar-refractivity contribution in [2.75, 3.05) is 13.2 Å². The number of fused-ring (bicyclic) bond motifs is 40. The largest absolute Gasteiger partial charge is 2.00 e. The first-order chi connectivity index (χ1) is 59.8. The second-order valence-electron chi connectivity index (χ2n) is 44.1. The zero-order valence-electron chi connectivity index (χ0n) is 80.3. The van der Waals surface area contributed by atoms with Crippen LogP contribution >= 0.6 is 0 Å². The number of rotatable bonds is 6. The van der Waals surface area contributed by atoms with E-state index < -0.39 is 16.6 Å². The maximum Gasteiger partial charge on any atom is 2.00 e.